The molecule has 1 amide bonds. The molecule has 1 saturated carbocycles. The van der Waals surface area contributed by atoms with E-state index in [1.54, 1.807) is 0 Å². The maximum Gasteiger partial charge on any atom is 0.251 e. The molecule has 0 aliphatic heterocycles. The number of halogens is 2. The van der Waals surface area contributed by atoms with Crippen LogP contribution in [0.3, 0.4) is 0 Å². The molecule has 1 aromatic carbocycles. The summed E-state index contributed by atoms with van der Waals surface area (Å²) >= 11 is 3.07. The van der Waals surface area contributed by atoms with E-state index in [1.165, 1.54) is 0 Å². The Morgan fingerprint density at radius 2 is 1.90 bits per heavy atom. The van der Waals surface area contributed by atoms with Gasteiger partial charge in [-0.2, -0.15) is 0 Å². The Morgan fingerprint density at radius 1 is 1.25 bits per heavy atom. The van der Waals surface area contributed by atoms with Gasteiger partial charge in [0.1, 0.15) is 0 Å². The summed E-state index contributed by atoms with van der Waals surface area (Å²) in [6.07, 6.45) is 5.90. The number of alkyl halides is 2. The number of benzene rings is 1. The summed E-state index contributed by atoms with van der Waals surface area (Å²) in [6, 6.07) is 9.25. The highest BCUT2D eigenvalue weighted by Gasteiger charge is 2.52. The lowest BCUT2D eigenvalue weighted by Crippen LogP contribution is -2.24. The van der Waals surface area contributed by atoms with Crippen LogP contribution in [0.15, 0.2) is 30.3 Å². The van der Waals surface area contributed by atoms with Crippen molar-refractivity contribution < 1.29 is 9.18 Å². The van der Waals surface area contributed by atoms with E-state index in [-0.39, 0.29) is 11.8 Å². The molecule has 2 nitrogen and oxygen atoms in total. The highest BCUT2D eigenvalue weighted by atomic mass is 79.9. The Morgan fingerprint density at radius 3 is 2.55 bits per heavy atom. The first-order valence-electron chi connectivity index (χ1n) is 7.31. The van der Waals surface area contributed by atoms with Gasteiger partial charge in [0.25, 0.3) is 5.91 Å². The Hall–Kier alpha value is -0.900. The second-order valence-electron chi connectivity index (χ2n) is 5.49. The largest absolute Gasteiger partial charge is 0.352 e. The topological polar surface area (TPSA) is 29.1 Å². The van der Waals surface area contributed by atoms with E-state index >= 15 is 0 Å². The van der Waals surface area contributed by atoms with E-state index in [1.807, 2.05) is 30.3 Å². The number of amides is 1. The van der Waals surface area contributed by atoms with Gasteiger partial charge in [0.15, 0.2) is 4.58 Å². The number of rotatable bonds is 8. The van der Waals surface area contributed by atoms with Gasteiger partial charge in [-0.3, -0.25) is 4.79 Å². The normalized spacial score (nSPS) is 24.4. The minimum Gasteiger partial charge on any atom is -0.352 e. The summed E-state index contributed by atoms with van der Waals surface area (Å²) in [5.41, 5.74) is 0.706. The van der Waals surface area contributed by atoms with Crippen LogP contribution < -0.4 is 5.32 Å². The molecule has 0 heterocycles. The van der Waals surface area contributed by atoms with Crippen molar-refractivity contribution in [1.82, 2.24) is 5.32 Å². The van der Waals surface area contributed by atoms with Gasteiger partial charge < -0.3 is 5.32 Å². The van der Waals surface area contributed by atoms with E-state index in [2.05, 4.69) is 21.2 Å². The van der Waals surface area contributed by atoms with Gasteiger partial charge in [-0.25, -0.2) is 4.39 Å². The second kappa shape index (κ2) is 7.21. The number of carbonyl (C=O) groups excluding carboxylic acids is 1. The van der Waals surface area contributed by atoms with E-state index in [0.29, 0.717) is 18.5 Å². The van der Waals surface area contributed by atoms with Crippen LogP contribution in [0.2, 0.25) is 0 Å². The zero-order valence-corrected chi connectivity index (χ0v) is 13.2. The molecule has 1 fully saturated rings. The average Bonchev–Trinajstić information content (AvgIpc) is 3.06. The molecule has 0 saturated heterocycles. The van der Waals surface area contributed by atoms with Gasteiger partial charge in [0.05, 0.1) is 0 Å². The number of unbranched alkanes of at least 4 members (excludes halogenated alkanes) is 3. The van der Waals surface area contributed by atoms with Crippen LogP contribution in [0, 0.1) is 5.92 Å². The summed E-state index contributed by atoms with van der Waals surface area (Å²) in [6.45, 7) is 0.711. The molecular formula is C16H21BrFNO. The van der Waals surface area contributed by atoms with Gasteiger partial charge in [0, 0.05) is 18.0 Å². The molecule has 110 valence electrons. The van der Waals surface area contributed by atoms with Crippen molar-refractivity contribution in [2.75, 3.05) is 6.54 Å². The first kappa shape index (κ1) is 15.5. The molecule has 1 N–H and O–H groups in total. The maximum atomic E-state index is 13.2. The van der Waals surface area contributed by atoms with E-state index in [0.717, 1.165) is 32.1 Å². The number of nitrogens with one attached hydrogen (secondary N) is 1. The van der Waals surface area contributed by atoms with Crippen molar-refractivity contribution in [3.8, 4) is 0 Å². The molecule has 0 radical (unpaired) electrons. The lowest BCUT2D eigenvalue weighted by Gasteiger charge is -2.05. The molecule has 2 rings (SSSR count). The van der Waals surface area contributed by atoms with Gasteiger partial charge in [-0.1, -0.05) is 37.5 Å². The van der Waals surface area contributed by atoms with Crippen molar-refractivity contribution in [3.05, 3.63) is 35.9 Å². The Bertz CT molecular complexity index is 435. The van der Waals surface area contributed by atoms with Crippen LogP contribution >= 0.6 is 15.9 Å². The van der Waals surface area contributed by atoms with Gasteiger partial charge in [0.2, 0.25) is 0 Å². The van der Waals surface area contributed by atoms with Gasteiger partial charge in [-0.05, 0) is 47.3 Å². The lowest BCUT2D eigenvalue weighted by atomic mass is 10.1. The van der Waals surface area contributed by atoms with Crippen LogP contribution in [0.25, 0.3) is 0 Å². The Balaban J connectivity index is 1.47. The summed E-state index contributed by atoms with van der Waals surface area (Å²) < 4.78 is 12.2. The fourth-order valence-electron chi connectivity index (χ4n) is 2.35. The second-order valence-corrected chi connectivity index (χ2v) is 6.81. The van der Waals surface area contributed by atoms with Crippen LogP contribution in [0.5, 0.6) is 0 Å². The molecule has 4 heteroatoms. The quantitative estimate of drug-likeness (QED) is 0.549. The van der Waals surface area contributed by atoms with Crippen LogP contribution in [0.1, 0.15) is 48.9 Å². The van der Waals surface area contributed by atoms with E-state index in [9.17, 15) is 9.18 Å². The molecule has 0 bridgehead atoms. The monoisotopic (exact) mass is 341 g/mol. The summed E-state index contributed by atoms with van der Waals surface area (Å²) in [7, 11) is 0. The summed E-state index contributed by atoms with van der Waals surface area (Å²) in [5.74, 6) is 0.213. The average molecular weight is 342 g/mol. The SMILES string of the molecule is O=C(NCCCCCCC1CC1(F)Br)c1ccccc1. The van der Waals surface area contributed by atoms with Crippen molar-refractivity contribution in [2.45, 2.75) is 43.1 Å². The van der Waals surface area contributed by atoms with Gasteiger partial charge in [-0.15, -0.1) is 0 Å². The summed E-state index contributed by atoms with van der Waals surface area (Å²) in [4.78, 5) is 11.7. The molecular weight excluding hydrogens is 321 g/mol. The molecule has 2 atom stereocenters. The standard InChI is InChI=1S/C16H21BrFNO/c17-16(18)12-14(16)10-6-1-2-7-11-19-15(20)13-8-4-3-5-9-13/h3-5,8-9,14H,1-2,6-7,10-12H2,(H,19,20). The first-order valence-corrected chi connectivity index (χ1v) is 8.10. The number of hydrogen-bond acceptors (Lipinski definition) is 1. The molecule has 2 unspecified atom stereocenters. The van der Waals surface area contributed by atoms with Crippen molar-refractivity contribution in [1.29, 1.82) is 0 Å². The van der Waals surface area contributed by atoms with E-state index in [4.69, 9.17) is 0 Å². The molecule has 1 aliphatic carbocycles. The van der Waals surface area contributed by atoms with Gasteiger partial charge >= 0.3 is 0 Å². The first-order chi connectivity index (χ1) is 9.59. The van der Waals surface area contributed by atoms with Crippen molar-refractivity contribution in [2.24, 2.45) is 5.92 Å². The maximum absolute atomic E-state index is 13.2. The molecule has 0 spiro atoms. The molecule has 0 aromatic heterocycles. The predicted octanol–water partition coefficient (Wildman–Crippen LogP) is 4.45. The third kappa shape index (κ3) is 4.89. The van der Waals surface area contributed by atoms with Crippen LogP contribution in [-0.4, -0.2) is 17.0 Å². The molecule has 1 aliphatic rings. The number of carbonyl (C=O) groups is 1. The van der Waals surface area contributed by atoms with Crippen LogP contribution in [-0.2, 0) is 0 Å². The Labute approximate surface area is 128 Å². The minimum atomic E-state index is -1.06. The molecule has 20 heavy (non-hydrogen) atoms. The fourth-order valence-corrected chi connectivity index (χ4v) is 2.97. The van der Waals surface area contributed by atoms with Crippen molar-refractivity contribution in [3.63, 3.8) is 0 Å². The minimum absolute atomic E-state index is 0.00918. The van der Waals surface area contributed by atoms with Crippen LogP contribution in [0.4, 0.5) is 4.39 Å². The number of hydrogen-bond donors (Lipinski definition) is 1. The zero-order valence-electron chi connectivity index (χ0n) is 11.6. The zero-order chi connectivity index (χ0) is 14.4. The third-order valence-electron chi connectivity index (χ3n) is 3.76. The third-order valence-corrected chi connectivity index (χ3v) is 4.73. The van der Waals surface area contributed by atoms with Crippen molar-refractivity contribution >= 4 is 21.8 Å². The Kier molecular flexibility index (Phi) is 5.58. The van der Waals surface area contributed by atoms with E-state index < -0.39 is 4.58 Å². The smallest absolute Gasteiger partial charge is 0.251 e. The highest BCUT2D eigenvalue weighted by Crippen LogP contribution is 2.54. The molecule has 1 aromatic rings. The summed E-state index contributed by atoms with van der Waals surface area (Å²) in [5, 5.41) is 2.92. The lowest BCUT2D eigenvalue weighted by molar-refractivity contribution is 0.0953. The highest BCUT2D eigenvalue weighted by molar-refractivity contribution is 9.10. The fraction of sp³-hybridized carbons (Fsp3) is 0.562. The predicted molar refractivity (Wildman–Crippen MR) is 82.7 cm³/mol.